The van der Waals surface area contributed by atoms with Crippen molar-refractivity contribution in [3.05, 3.63) is 59.7 Å². The molecule has 0 unspecified atom stereocenters. The van der Waals surface area contributed by atoms with Gasteiger partial charge in [0.15, 0.2) is 0 Å². The Labute approximate surface area is 191 Å². The smallest absolute Gasteiger partial charge is 0.244 e. The largest absolute Gasteiger partial charge is 0.497 e. The number of benzene rings is 2. The molecule has 7 nitrogen and oxygen atoms in total. The predicted molar refractivity (Wildman–Crippen MR) is 127 cm³/mol. The van der Waals surface area contributed by atoms with E-state index in [1.807, 2.05) is 25.1 Å². The van der Waals surface area contributed by atoms with E-state index in [-0.39, 0.29) is 5.91 Å². The number of carbonyl (C=O) groups excluding carboxylic acids is 1. The number of ether oxygens (including phenoxy) is 1. The van der Waals surface area contributed by atoms with Gasteiger partial charge < -0.3 is 10.1 Å². The van der Waals surface area contributed by atoms with Crippen LogP contribution in [0.2, 0.25) is 0 Å². The van der Waals surface area contributed by atoms with E-state index in [0.29, 0.717) is 24.4 Å². The van der Waals surface area contributed by atoms with E-state index in [2.05, 4.69) is 16.3 Å². The van der Waals surface area contributed by atoms with Crippen LogP contribution in [0.5, 0.6) is 5.75 Å². The quantitative estimate of drug-likeness (QED) is 0.591. The van der Waals surface area contributed by atoms with E-state index in [1.54, 1.807) is 24.3 Å². The first-order valence-corrected chi connectivity index (χ1v) is 12.9. The minimum absolute atomic E-state index is 0.322. The Morgan fingerprint density at radius 1 is 1.12 bits per heavy atom. The van der Waals surface area contributed by atoms with Crippen molar-refractivity contribution in [1.82, 2.24) is 10.2 Å². The standard InChI is InChI=1S/C24H33N3O4S/c1-4-23(27(32(3,29)30)21-12-9-13-22(16-21)31-2)24(28)25-17-19-10-5-6-11-20(19)18-26-14-7-8-15-26/h5-6,9-13,16,23H,4,7-8,14-15,17-18H2,1-3H3,(H,25,28)/t23-/m0/s1. The van der Waals surface area contributed by atoms with E-state index in [0.717, 1.165) is 31.5 Å². The molecule has 1 aliphatic heterocycles. The number of sulfonamides is 1. The lowest BCUT2D eigenvalue weighted by molar-refractivity contribution is -0.122. The molecule has 1 amide bonds. The van der Waals surface area contributed by atoms with Crippen LogP contribution < -0.4 is 14.4 Å². The van der Waals surface area contributed by atoms with Gasteiger partial charge >= 0.3 is 0 Å². The third kappa shape index (κ3) is 6.01. The number of rotatable bonds is 10. The molecule has 1 N–H and O–H groups in total. The maximum absolute atomic E-state index is 13.2. The fraction of sp³-hybridized carbons (Fsp3) is 0.458. The molecule has 1 aliphatic rings. The Morgan fingerprint density at radius 2 is 1.81 bits per heavy atom. The summed E-state index contributed by atoms with van der Waals surface area (Å²) >= 11 is 0. The van der Waals surface area contributed by atoms with Crippen molar-refractivity contribution in [2.45, 2.75) is 45.3 Å². The van der Waals surface area contributed by atoms with Crippen LogP contribution in [0.1, 0.15) is 37.3 Å². The molecule has 8 heteroatoms. The fourth-order valence-electron chi connectivity index (χ4n) is 4.17. The summed E-state index contributed by atoms with van der Waals surface area (Å²) in [5, 5.41) is 2.97. The van der Waals surface area contributed by atoms with Crippen LogP contribution >= 0.6 is 0 Å². The first-order chi connectivity index (χ1) is 15.3. The normalized spacial score (nSPS) is 15.3. The average Bonchev–Trinajstić information content (AvgIpc) is 3.28. The van der Waals surface area contributed by atoms with Gasteiger partial charge in [-0.05, 0) is 55.6 Å². The van der Waals surface area contributed by atoms with Crippen molar-refractivity contribution < 1.29 is 17.9 Å². The van der Waals surface area contributed by atoms with Crippen molar-refractivity contribution in [2.75, 3.05) is 30.8 Å². The Kier molecular flexibility index (Phi) is 8.15. The lowest BCUT2D eigenvalue weighted by atomic mass is 10.1. The van der Waals surface area contributed by atoms with Crippen molar-refractivity contribution in [3.8, 4) is 5.75 Å². The van der Waals surface area contributed by atoms with Crippen molar-refractivity contribution in [1.29, 1.82) is 0 Å². The van der Waals surface area contributed by atoms with Gasteiger partial charge in [-0.2, -0.15) is 0 Å². The summed E-state index contributed by atoms with van der Waals surface area (Å²) in [5.41, 5.74) is 2.65. The zero-order valence-corrected chi connectivity index (χ0v) is 19.9. The summed E-state index contributed by atoms with van der Waals surface area (Å²) in [4.78, 5) is 15.6. The van der Waals surface area contributed by atoms with Gasteiger partial charge in [0, 0.05) is 19.2 Å². The molecule has 0 bridgehead atoms. The van der Waals surface area contributed by atoms with Gasteiger partial charge in [-0.1, -0.05) is 37.3 Å². The van der Waals surface area contributed by atoms with E-state index in [9.17, 15) is 13.2 Å². The number of carbonyl (C=O) groups is 1. The summed E-state index contributed by atoms with van der Waals surface area (Å²) < 4.78 is 31.7. The molecule has 32 heavy (non-hydrogen) atoms. The molecule has 2 aromatic carbocycles. The molecule has 0 spiro atoms. The van der Waals surface area contributed by atoms with Gasteiger partial charge in [0.25, 0.3) is 0 Å². The van der Waals surface area contributed by atoms with E-state index in [1.165, 1.54) is 29.8 Å². The fourth-order valence-corrected chi connectivity index (χ4v) is 5.38. The molecule has 1 atom stereocenters. The zero-order valence-electron chi connectivity index (χ0n) is 19.1. The second kappa shape index (κ2) is 10.8. The minimum atomic E-state index is -3.70. The van der Waals surface area contributed by atoms with Crippen LogP contribution in [-0.4, -0.2) is 51.7 Å². The van der Waals surface area contributed by atoms with Crippen molar-refractivity contribution >= 4 is 21.6 Å². The third-order valence-electron chi connectivity index (χ3n) is 5.80. The molecule has 0 saturated carbocycles. The molecule has 3 rings (SSSR count). The van der Waals surface area contributed by atoms with Crippen LogP contribution in [0.25, 0.3) is 0 Å². The highest BCUT2D eigenvalue weighted by atomic mass is 32.2. The number of methoxy groups -OCH3 is 1. The molecule has 1 heterocycles. The Balaban J connectivity index is 1.77. The number of likely N-dealkylation sites (tertiary alicyclic amines) is 1. The lowest BCUT2D eigenvalue weighted by Crippen LogP contribution is -2.49. The molecule has 1 fully saturated rings. The number of nitrogens with zero attached hydrogens (tertiary/aromatic N) is 2. The third-order valence-corrected chi connectivity index (χ3v) is 6.98. The molecule has 0 aliphatic carbocycles. The monoisotopic (exact) mass is 459 g/mol. The first-order valence-electron chi connectivity index (χ1n) is 11.0. The molecule has 0 radical (unpaired) electrons. The SMILES string of the molecule is CC[C@@H](C(=O)NCc1ccccc1CN1CCCC1)N(c1cccc(OC)c1)S(C)(=O)=O. The molecule has 0 aromatic heterocycles. The number of hydrogen-bond acceptors (Lipinski definition) is 5. The Bertz CT molecular complexity index is 1020. The first kappa shape index (κ1) is 24.1. The van der Waals surface area contributed by atoms with E-state index in [4.69, 9.17) is 4.74 Å². The van der Waals surface area contributed by atoms with Gasteiger partial charge in [-0.15, -0.1) is 0 Å². The Hall–Kier alpha value is -2.58. The maximum atomic E-state index is 13.2. The van der Waals surface area contributed by atoms with Gasteiger partial charge in [0.1, 0.15) is 11.8 Å². The van der Waals surface area contributed by atoms with E-state index < -0.39 is 16.1 Å². The second-order valence-corrected chi connectivity index (χ2v) is 10.0. The molecule has 2 aromatic rings. The number of nitrogens with one attached hydrogen (secondary N) is 1. The van der Waals surface area contributed by atoms with Gasteiger partial charge in [-0.25, -0.2) is 8.42 Å². The topological polar surface area (TPSA) is 79.0 Å². The number of anilines is 1. The van der Waals surface area contributed by atoms with Crippen molar-refractivity contribution in [2.24, 2.45) is 0 Å². The average molecular weight is 460 g/mol. The highest BCUT2D eigenvalue weighted by molar-refractivity contribution is 7.92. The Morgan fingerprint density at radius 3 is 2.44 bits per heavy atom. The second-order valence-electron chi connectivity index (χ2n) is 8.15. The maximum Gasteiger partial charge on any atom is 0.244 e. The summed E-state index contributed by atoms with van der Waals surface area (Å²) in [5.74, 6) is 0.207. The van der Waals surface area contributed by atoms with Crippen LogP contribution in [0, 0.1) is 0 Å². The van der Waals surface area contributed by atoms with Crippen molar-refractivity contribution in [3.63, 3.8) is 0 Å². The molecular formula is C24H33N3O4S. The predicted octanol–water partition coefficient (Wildman–Crippen LogP) is 3.15. The molecule has 174 valence electrons. The summed E-state index contributed by atoms with van der Waals surface area (Å²) in [7, 11) is -2.17. The zero-order chi connectivity index (χ0) is 23.1. The van der Waals surface area contributed by atoms with E-state index >= 15 is 0 Å². The highest BCUT2D eigenvalue weighted by Gasteiger charge is 2.31. The summed E-state index contributed by atoms with van der Waals surface area (Å²) in [6, 6.07) is 14.0. The number of hydrogen-bond donors (Lipinski definition) is 1. The van der Waals surface area contributed by atoms with Gasteiger partial charge in [0.2, 0.25) is 15.9 Å². The van der Waals surface area contributed by atoms with Crippen LogP contribution in [0.3, 0.4) is 0 Å². The number of amides is 1. The lowest BCUT2D eigenvalue weighted by Gasteiger charge is -2.30. The van der Waals surface area contributed by atoms with Gasteiger partial charge in [0.05, 0.1) is 19.1 Å². The van der Waals surface area contributed by atoms with Crippen LogP contribution in [0.4, 0.5) is 5.69 Å². The molecular weight excluding hydrogens is 426 g/mol. The summed E-state index contributed by atoms with van der Waals surface area (Å²) in [6.45, 7) is 5.23. The van der Waals surface area contributed by atoms with Crippen LogP contribution in [-0.2, 0) is 27.9 Å². The molecule has 1 saturated heterocycles. The van der Waals surface area contributed by atoms with Gasteiger partial charge in [-0.3, -0.25) is 14.0 Å². The highest BCUT2D eigenvalue weighted by Crippen LogP contribution is 2.26. The minimum Gasteiger partial charge on any atom is -0.497 e. The summed E-state index contributed by atoms with van der Waals surface area (Å²) in [6.07, 6.45) is 3.91. The van der Waals surface area contributed by atoms with Crippen LogP contribution in [0.15, 0.2) is 48.5 Å².